The third-order valence-corrected chi connectivity index (χ3v) is 18.4. The summed E-state index contributed by atoms with van der Waals surface area (Å²) in [6.07, 6.45) is -0.204. The van der Waals surface area contributed by atoms with Crippen molar-refractivity contribution in [2.24, 2.45) is 35.0 Å². The highest BCUT2D eigenvalue weighted by Crippen LogP contribution is 2.22. The van der Waals surface area contributed by atoms with Crippen LogP contribution in [-0.4, -0.2) is 210 Å². The SMILES string of the molecule is CC(=O)N[C@@H](Cc1c[nH]c2ccccc12)C(=O)N[C@@H](C)C(=O)NC(C)(C)C(=O)NC(C)(C)C(=O)N[C@@H](CC(C)C)C(=O)NC(C)(C)C(=O)N[C@@H](CCC(N)=O)C(=O)NC(C)(C)C(=O)NC(C)(C)C(=O)NC(C)(C)C(=O)N[C@@H](CCC(N)=O)C(=O)N[C@@H](CC(C)C)C(=O)NC(C)(C)C(=O)N[C@@H](CCC(N)=O)C(=O)N[C@H](CO)CC(C)C. The summed E-state index contributed by atoms with van der Waals surface area (Å²) in [5, 5.41) is 49.2. The van der Waals surface area contributed by atoms with Gasteiger partial charge in [-0.1, -0.05) is 59.7 Å². The molecule has 0 aliphatic rings. The summed E-state index contributed by atoms with van der Waals surface area (Å²) < 4.78 is 0. The van der Waals surface area contributed by atoms with E-state index in [0.29, 0.717) is 6.42 Å². The van der Waals surface area contributed by atoms with E-state index in [1.807, 2.05) is 38.1 Å². The third kappa shape index (κ3) is 32.9. The van der Waals surface area contributed by atoms with Crippen LogP contribution in [0.2, 0.25) is 0 Å². The Labute approximate surface area is 671 Å². The molecule has 1 aromatic heterocycles. The van der Waals surface area contributed by atoms with Crippen LogP contribution in [0.5, 0.6) is 0 Å². The maximum absolute atomic E-state index is 14.2. The molecular formula is C77H127N19O19. The van der Waals surface area contributed by atoms with Gasteiger partial charge in [-0.3, -0.25) is 86.3 Å². The van der Waals surface area contributed by atoms with Crippen molar-refractivity contribution in [3.05, 3.63) is 36.0 Å². The molecule has 0 aliphatic heterocycles. The number of aliphatic hydroxyl groups is 1. The molecule has 0 radical (unpaired) electrons. The average molecular weight is 1620 g/mol. The van der Waals surface area contributed by atoms with Crippen LogP contribution in [-0.2, 0) is 92.7 Å². The van der Waals surface area contributed by atoms with Crippen LogP contribution in [0.15, 0.2) is 30.5 Å². The van der Waals surface area contributed by atoms with E-state index in [0.717, 1.165) is 16.5 Å². The lowest BCUT2D eigenvalue weighted by molar-refractivity contribution is -0.141. The summed E-state index contributed by atoms with van der Waals surface area (Å²) in [6.45, 7) is 31.0. The van der Waals surface area contributed by atoms with Gasteiger partial charge in [-0.25, -0.2) is 0 Å². The van der Waals surface area contributed by atoms with Gasteiger partial charge >= 0.3 is 0 Å². The number of hydrogen-bond donors (Lipinski definition) is 20. The lowest BCUT2D eigenvalue weighted by Crippen LogP contribution is -2.68. The number of carbonyl (C=O) groups excluding carboxylic acids is 18. The molecule has 2 rings (SSSR count). The molecule has 1 aromatic carbocycles. The molecule has 0 bridgehead atoms. The van der Waals surface area contributed by atoms with E-state index in [1.54, 1.807) is 33.9 Å². The summed E-state index contributed by atoms with van der Waals surface area (Å²) >= 11 is 0. The highest BCUT2D eigenvalue weighted by Gasteiger charge is 2.45. The Morgan fingerprint density at radius 2 is 0.661 bits per heavy atom. The molecule has 0 unspecified atom stereocenters. The third-order valence-electron chi connectivity index (χ3n) is 18.4. The number of aromatic nitrogens is 1. The standard InChI is InChI=1S/C77H127N19O19/c1-39(2)33-45(38-97)84-58(103)48(27-30-54(78)99)86-64(109)71(9,10)92-62(107)51(34-40(3)4)85-59(104)49(28-31-55(79)100)87-66(111)73(13,14)95-70(115)77(21,22)96-69(114)76(19,20)91-61(106)50(29-32-56(80)101)88-65(110)72(11,12)93-63(108)52(35-41(5)6)89-67(112)74(15,16)94-68(113)75(17,18)90-57(102)42(7)82-60(105)53(83-43(8)98)36-44-37-81-47-26-24-23-25-46(44)47/h23-26,37,39-42,45,48-53,81,97H,27-36,38H2,1-22H3,(H2,78,99)(H2,79,100)(H2,80,101)(H,82,105)(H,83,98)(H,84,103)(H,85,104)(H,86,109)(H,87,111)(H,88,110)(H,89,112)(H,90,102)(H,91,106)(H,92,107)(H,93,108)(H,94,113)(H,95,115)(H,96,114)/t42-,45-,48-,49-,50-,51-,52-,53-/m0/s1. The van der Waals surface area contributed by atoms with E-state index >= 15 is 0 Å². The minimum absolute atomic E-state index is 0.0104. The molecule has 1 heterocycles. The van der Waals surface area contributed by atoms with E-state index in [1.165, 1.54) is 111 Å². The number of H-pyrrole nitrogens is 1. The monoisotopic (exact) mass is 1620 g/mol. The zero-order chi connectivity index (χ0) is 88.6. The molecule has 0 spiro atoms. The topological polar surface area (TPSA) is 602 Å². The second kappa shape index (κ2) is 42.5. The number of nitrogens with one attached hydrogen (secondary N) is 16. The second-order valence-electron chi connectivity index (χ2n) is 34.2. The zero-order valence-electron chi connectivity index (χ0n) is 70.5. The van der Waals surface area contributed by atoms with Gasteiger partial charge in [-0.05, 0) is 172 Å². The van der Waals surface area contributed by atoms with E-state index in [9.17, 15) is 91.4 Å². The minimum atomic E-state index is -1.95. The molecule has 8 atom stereocenters. The molecule has 0 saturated carbocycles. The number of nitrogens with two attached hydrogens (primary N) is 3. The maximum Gasteiger partial charge on any atom is 0.246 e. The quantitative estimate of drug-likeness (QED) is 0.0335. The zero-order valence-corrected chi connectivity index (χ0v) is 70.5. The van der Waals surface area contributed by atoms with Crippen LogP contribution in [0, 0.1) is 17.8 Å². The molecule has 23 N–H and O–H groups in total. The largest absolute Gasteiger partial charge is 0.394 e. The lowest BCUT2D eigenvalue weighted by atomic mass is 9.95. The predicted octanol–water partition coefficient (Wildman–Crippen LogP) is -2.18. The first kappa shape index (κ1) is 100. The highest BCUT2D eigenvalue weighted by atomic mass is 16.3. The Balaban J connectivity index is 2.26. The fourth-order valence-corrected chi connectivity index (χ4v) is 11.4. The molecule has 38 nitrogen and oxygen atoms in total. The number of para-hydroxylation sites is 1. The van der Waals surface area contributed by atoms with Crippen molar-refractivity contribution in [2.75, 3.05) is 6.61 Å². The van der Waals surface area contributed by atoms with E-state index in [2.05, 4.69) is 84.7 Å². The molecule has 0 fully saturated rings. The van der Waals surface area contributed by atoms with Crippen LogP contribution in [0.3, 0.4) is 0 Å². The lowest BCUT2D eigenvalue weighted by Gasteiger charge is -2.36. The number of benzene rings is 1. The fourth-order valence-electron chi connectivity index (χ4n) is 11.4. The van der Waals surface area contributed by atoms with Gasteiger partial charge < -0.3 is 107 Å². The van der Waals surface area contributed by atoms with Crippen LogP contribution >= 0.6 is 0 Å². The summed E-state index contributed by atoms with van der Waals surface area (Å²) in [5.41, 5.74) is 4.83. The number of fused-ring (bicyclic) bond motifs is 1. The molecular weight excluding hydrogens is 1490 g/mol. The van der Waals surface area contributed by atoms with Gasteiger partial charge in [-0.2, -0.15) is 0 Å². The first-order valence-corrected chi connectivity index (χ1v) is 38.3. The molecule has 0 aliphatic carbocycles. The van der Waals surface area contributed by atoms with Crippen molar-refractivity contribution >= 4 is 117 Å². The first-order valence-electron chi connectivity index (χ1n) is 38.3. The smallest absolute Gasteiger partial charge is 0.246 e. The number of carbonyl (C=O) groups is 18. The number of amides is 18. The number of aliphatic hydroxyl groups excluding tert-OH is 1. The summed E-state index contributed by atoms with van der Waals surface area (Å²) in [7, 11) is 0. The molecule has 2 aromatic rings. The number of aromatic amines is 1. The first-order chi connectivity index (χ1) is 52.6. The summed E-state index contributed by atoms with van der Waals surface area (Å²) in [4.78, 5) is 247. The van der Waals surface area contributed by atoms with Crippen LogP contribution in [0.1, 0.15) is 216 Å². The number of hydrogen-bond acceptors (Lipinski definition) is 19. The fraction of sp³-hybridized carbons (Fsp3) is 0.662. The van der Waals surface area contributed by atoms with Crippen LogP contribution in [0.4, 0.5) is 0 Å². The van der Waals surface area contributed by atoms with Crippen LogP contribution in [0.25, 0.3) is 10.9 Å². The van der Waals surface area contributed by atoms with Crippen molar-refractivity contribution in [1.29, 1.82) is 0 Å². The van der Waals surface area contributed by atoms with Gasteiger partial charge in [-0.15, -0.1) is 0 Å². The van der Waals surface area contributed by atoms with Crippen molar-refractivity contribution in [2.45, 2.75) is 304 Å². The van der Waals surface area contributed by atoms with Crippen molar-refractivity contribution < 1.29 is 91.4 Å². The Morgan fingerprint density at radius 1 is 0.357 bits per heavy atom. The predicted molar refractivity (Wildman–Crippen MR) is 425 cm³/mol. The van der Waals surface area contributed by atoms with E-state index < -0.39 is 226 Å². The second-order valence-corrected chi connectivity index (χ2v) is 34.2. The summed E-state index contributed by atoms with van der Waals surface area (Å²) in [6, 6.07) is -2.96. The van der Waals surface area contributed by atoms with Gasteiger partial charge in [0.1, 0.15) is 81.1 Å². The molecule has 115 heavy (non-hydrogen) atoms. The summed E-state index contributed by atoms with van der Waals surface area (Å²) in [5.74, 6) is -16.1. The van der Waals surface area contributed by atoms with Gasteiger partial charge in [0.2, 0.25) is 106 Å². The van der Waals surface area contributed by atoms with Gasteiger partial charge in [0.05, 0.1) is 12.6 Å². The van der Waals surface area contributed by atoms with Gasteiger partial charge in [0, 0.05) is 49.7 Å². The van der Waals surface area contributed by atoms with E-state index in [4.69, 9.17) is 17.2 Å². The maximum atomic E-state index is 14.2. The average Bonchev–Trinajstić information content (AvgIpc) is 1.47. The van der Waals surface area contributed by atoms with Crippen molar-refractivity contribution in [3.63, 3.8) is 0 Å². The normalized spacial score (nSPS) is 14.2. The Morgan fingerprint density at radius 3 is 1.03 bits per heavy atom. The van der Waals surface area contributed by atoms with E-state index in [-0.39, 0.29) is 49.9 Å². The molecule has 18 amide bonds. The Kier molecular flexibility index (Phi) is 37.1. The van der Waals surface area contributed by atoms with Crippen molar-refractivity contribution in [1.82, 2.24) is 84.7 Å². The Hall–Kier alpha value is -10.8. The minimum Gasteiger partial charge on any atom is -0.394 e. The molecule has 644 valence electrons. The van der Waals surface area contributed by atoms with Gasteiger partial charge in [0.15, 0.2) is 0 Å². The van der Waals surface area contributed by atoms with Gasteiger partial charge in [0.25, 0.3) is 0 Å². The van der Waals surface area contributed by atoms with Crippen LogP contribution < -0.4 is 97.0 Å². The molecule has 38 heteroatoms. The highest BCUT2D eigenvalue weighted by molar-refractivity contribution is 6.04. The number of rotatable bonds is 47. The van der Waals surface area contributed by atoms with Crippen molar-refractivity contribution in [3.8, 4) is 0 Å². The Bertz CT molecular complexity index is 3900. The number of primary amides is 3. The molecule has 0 saturated heterocycles.